The number of hydrogen-bond acceptors (Lipinski definition) is 2. The Bertz CT molecular complexity index is 307. The van der Waals surface area contributed by atoms with Crippen molar-refractivity contribution in [3.63, 3.8) is 0 Å². The zero-order chi connectivity index (χ0) is 10.4. The normalized spacial score (nSPS) is 10.9. The minimum absolute atomic E-state index is 0.205. The van der Waals surface area contributed by atoms with Gasteiger partial charge in [-0.1, -0.05) is 19.9 Å². The summed E-state index contributed by atoms with van der Waals surface area (Å²) in [5, 5.41) is 9.17. The Hall–Kier alpha value is -1.36. The lowest BCUT2D eigenvalue weighted by Gasteiger charge is -2.22. The van der Waals surface area contributed by atoms with Gasteiger partial charge in [-0.05, 0) is 30.9 Å². The summed E-state index contributed by atoms with van der Waals surface area (Å²) in [7, 11) is 0. The fourth-order valence-electron chi connectivity index (χ4n) is 1.59. The molecule has 1 heterocycles. The monoisotopic (exact) mass is 188 g/mol. The second kappa shape index (κ2) is 4.76. The standard InChI is InChI=1S/C12H16N2/c1-3-12(4-2,10-13)8-11-6-5-7-14-9-11/h5-7,9H,3-4,8H2,1-2H3. The number of rotatable bonds is 4. The molecule has 0 bridgehead atoms. The van der Waals surface area contributed by atoms with Crippen LogP contribution in [0.4, 0.5) is 0 Å². The molecule has 0 fully saturated rings. The second-order valence-corrected chi connectivity index (χ2v) is 3.64. The summed E-state index contributed by atoms with van der Waals surface area (Å²) < 4.78 is 0. The van der Waals surface area contributed by atoms with Gasteiger partial charge in [-0.25, -0.2) is 0 Å². The van der Waals surface area contributed by atoms with Crippen molar-refractivity contribution < 1.29 is 0 Å². The summed E-state index contributed by atoms with van der Waals surface area (Å²) in [5.74, 6) is 0. The number of nitrogens with zero attached hydrogens (tertiary/aromatic N) is 2. The number of nitriles is 1. The van der Waals surface area contributed by atoms with Gasteiger partial charge >= 0.3 is 0 Å². The minimum atomic E-state index is -0.205. The van der Waals surface area contributed by atoms with Crippen molar-refractivity contribution >= 4 is 0 Å². The highest BCUT2D eigenvalue weighted by molar-refractivity contribution is 5.15. The molecule has 0 aliphatic rings. The van der Waals surface area contributed by atoms with E-state index in [1.54, 1.807) is 6.20 Å². The molecule has 1 rings (SSSR count). The third-order valence-corrected chi connectivity index (χ3v) is 2.86. The Morgan fingerprint density at radius 1 is 1.43 bits per heavy atom. The summed E-state index contributed by atoms with van der Waals surface area (Å²) in [6.45, 7) is 4.15. The largest absolute Gasteiger partial charge is 0.264 e. The Morgan fingerprint density at radius 3 is 2.57 bits per heavy atom. The maximum atomic E-state index is 9.17. The molecule has 0 unspecified atom stereocenters. The molecule has 1 aromatic heterocycles. The van der Waals surface area contributed by atoms with Crippen LogP contribution in [0.3, 0.4) is 0 Å². The van der Waals surface area contributed by atoms with Crippen LogP contribution in [0.15, 0.2) is 24.5 Å². The molecule has 2 nitrogen and oxygen atoms in total. The van der Waals surface area contributed by atoms with Gasteiger partial charge < -0.3 is 0 Å². The molecule has 74 valence electrons. The van der Waals surface area contributed by atoms with Gasteiger partial charge in [0, 0.05) is 12.4 Å². The van der Waals surface area contributed by atoms with Crippen LogP contribution in [0.5, 0.6) is 0 Å². The van der Waals surface area contributed by atoms with Gasteiger partial charge in [0.2, 0.25) is 0 Å². The van der Waals surface area contributed by atoms with Gasteiger partial charge in [-0.15, -0.1) is 0 Å². The molecule has 0 N–H and O–H groups in total. The second-order valence-electron chi connectivity index (χ2n) is 3.64. The molecule has 0 aliphatic heterocycles. The molecule has 0 aliphatic carbocycles. The number of pyridine rings is 1. The van der Waals surface area contributed by atoms with Gasteiger partial charge in [-0.2, -0.15) is 5.26 Å². The van der Waals surface area contributed by atoms with E-state index in [0.29, 0.717) is 0 Å². The predicted molar refractivity (Wildman–Crippen MR) is 56.6 cm³/mol. The van der Waals surface area contributed by atoms with E-state index in [2.05, 4.69) is 24.9 Å². The van der Waals surface area contributed by atoms with Gasteiger partial charge in [0.05, 0.1) is 11.5 Å². The zero-order valence-corrected chi connectivity index (χ0v) is 8.83. The first kappa shape index (κ1) is 10.7. The molecular formula is C12H16N2. The highest BCUT2D eigenvalue weighted by Gasteiger charge is 2.25. The number of hydrogen-bond donors (Lipinski definition) is 0. The maximum absolute atomic E-state index is 9.17. The Morgan fingerprint density at radius 2 is 2.14 bits per heavy atom. The van der Waals surface area contributed by atoms with Crippen LogP contribution in [0, 0.1) is 16.7 Å². The van der Waals surface area contributed by atoms with Gasteiger partial charge in [-0.3, -0.25) is 4.98 Å². The SMILES string of the molecule is CCC(C#N)(CC)Cc1cccnc1. The zero-order valence-electron chi connectivity index (χ0n) is 8.83. The molecule has 0 amide bonds. The van der Waals surface area contributed by atoms with E-state index < -0.39 is 0 Å². The summed E-state index contributed by atoms with van der Waals surface area (Å²) in [6, 6.07) is 6.39. The molecule has 2 heteroatoms. The van der Waals surface area contributed by atoms with Gasteiger partial charge in [0.25, 0.3) is 0 Å². The van der Waals surface area contributed by atoms with Crippen molar-refractivity contribution in [1.29, 1.82) is 5.26 Å². The van der Waals surface area contributed by atoms with Crippen molar-refractivity contribution in [3.05, 3.63) is 30.1 Å². The van der Waals surface area contributed by atoms with Gasteiger partial charge in [0.15, 0.2) is 0 Å². The molecule has 0 aromatic carbocycles. The summed E-state index contributed by atoms with van der Waals surface area (Å²) in [6.07, 6.45) is 6.21. The molecule has 1 aromatic rings. The molecule has 0 saturated carbocycles. The van der Waals surface area contributed by atoms with Crippen molar-refractivity contribution in [2.75, 3.05) is 0 Å². The van der Waals surface area contributed by atoms with Crippen molar-refractivity contribution in [1.82, 2.24) is 4.98 Å². The van der Waals surface area contributed by atoms with Crippen molar-refractivity contribution in [2.45, 2.75) is 33.1 Å². The lowest BCUT2D eigenvalue weighted by Crippen LogP contribution is -2.19. The topological polar surface area (TPSA) is 36.7 Å². The Balaban J connectivity index is 2.81. The molecule has 0 saturated heterocycles. The van der Waals surface area contributed by atoms with Crippen LogP contribution in [0.1, 0.15) is 32.3 Å². The van der Waals surface area contributed by atoms with E-state index in [-0.39, 0.29) is 5.41 Å². The summed E-state index contributed by atoms with van der Waals surface area (Å²) in [5.41, 5.74) is 0.945. The van der Waals surface area contributed by atoms with E-state index in [0.717, 1.165) is 24.8 Å². The van der Waals surface area contributed by atoms with Crippen LogP contribution in [0.25, 0.3) is 0 Å². The highest BCUT2D eigenvalue weighted by Crippen LogP contribution is 2.29. The maximum Gasteiger partial charge on any atom is 0.0693 e. The number of aromatic nitrogens is 1. The first-order chi connectivity index (χ1) is 6.76. The molecule has 0 radical (unpaired) electrons. The highest BCUT2D eigenvalue weighted by atomic mass is 14.6. The van der Waals surface area contributed by atoms with E-state index >= 15 is 0 Å². The molecular weight excluding hydrogens is 172 g/mol. The van der Waals surface area contributed by atoms with Crippen LogP contribution in [-0.4, -0.2) is 4.98 Å². The quantitative estimate of drug-likeness (QED) is 0.728. The van der Waals surface area contributed by atoms with Crippen LogP contribution in [-0.2, 0) is 6.42 Å². The lowest BCUT2D eigenvalue weighted by molar-refractivity contribution is 0.363. The van der Waals surface area contributed by atoms with E-state index in [4.69, 9.17) is 5.26 Å². The third-order valence-electron chi connectivity index (χ3n) is 2.86. The van der Waals surface area contributed by atoms with Crippen molar-refractivity contribution in [2.24, 2.45) is 5.41 Å². The lowest BCUT2D eigenvalue weighted by atomic mass is 9.79. The van der Waals surface area contributed by atoms with E-state index in [9.17, 15) is 0 Å². The van der Waals surface area contributed by atoms with Crippen LogP contribution in [0.2, 0.25) is 0 Å². The summed E-state index contributed by atoms with van der Waals surface area (Å²) in [4.78, 5) is 4.06. The average molecular weight is 188 g/mol. The van der Waals surface area contributed by atoms with Crippen molar-refractivity contribution in [3.8, 4) is 6.07 Å². The summed E-state index contributed by atoms with van der Waals surface area (Å²) >= 11 is 0. The molecule has 0 spiro atoms. The molecule has 0 atom stereocenters. The van der Waals surface area contributed by atoms with Crippen LogP contribution < -0.4 is 0 Å². The first-order valence-electron chi connectivity index (χ1n) is 5.06. The fraction of sp³-hybridized carbons (Fsp3) is 0.500. The minimum Gasteiger partial charge on any atom is -0.264 e. The van der Waals surface area contributed by atoms with E-state index in [1.165, 1.54) is 0 Å². The molecule has 14 heavy (non-hydrogen) atoms. The predicted octanol–water partition coefficient (Wildman–Crippen LogP) is 2.95. The van der Waals surface area contributed by atoms with Crippen LogP contribution >= 0.6 is 0 Å². The Labute approximate surface area is 85.6 Å². The third kappa shape index (κ3) is 2.32. The average Bonchev–Trinajstić information content (AvgIpc) is 2.28. The first-order valence-corrected chi connectivity index (χ1v) is 5.06. The van der Waals surface area contributed by atoms with E-state index in [1.807, 2.05) is 18.3 Å². The smallest absolute Gasteiger partial charge is 0.0693 e. The fourth-order valence-corrected chi connectivity index (χ4v) is 1.59. The van der Waals surface area contributed by atoms with Gasteiger partial charge in [0.1, 0.15) is 0 Å². The Kier molecular flexibility index (Phi) is 3.64.